The number of alkyl halides is 2. The quantitative estimate of drug-likeness (QED) is 0.414. The smallest absolute Gasteiger partial charge is 0.228 e. The third kappa shape index (κ3) is 4.94. The summed E-state index contributed by atoms with van der Waals surface area (Å²) < 4.78 is 0. The van der Waals surface area contributed by atoms with E-state index in [0.29, 0.717) is 47.1 Å². The van der Waals surface area contributed by atoms with E-state index in [-0.39, 0.29) is 17.5 Å². The Balaban J connectivity index is 2.56. The second-order valence-electron chi connectivity index (χ2n) is 8.63. The summed E-state index contributed by atoms with van der Waals surface area (Å²) in [5.41, 5.74) is 2.51. The highest BCUT2D eigenvalue weighted by atomic mass is 35.5. The largest absolute Gasteiger partial charge is 0.369 e. The van der Waals surface area contributed by atoms with Gasteiger partial charge in [0.2, 0.25) is 5.91 Å². The van der Waals surface area contributed by atoms with Gasteiger partial charge in [0.25, 0.3) is 0 Å². The number of anilines is 1. The molecular weight excluding hydrogens is 447 g/mol. The van der Waals surface area contributed by atoms with Gasteiger partial charge in [0.05, 0.1) is 5.92 Å². The van der Waals surface area contributed by atoms with Gasteiger partial charge in [-0.05, 0) is 38.5 Å². The number of likely N-dealkylation sites (N-methyl/N-ethyl adjacent to an activating group) is 1. The number of nitrogens with zero attached hydrogens (tertiary/aromatic N) is 1. The molecule has 174 valence electrons. The highest BCUT2D eigenvalue weighted by Gasteiger charge is 2.45. The number of rotatable bonds is 9. The summed E-state index contributed by atoms with van der Waals surface area (Å²) in [5, 5.41) is 2.73. The summed E-state index contributed by atoms with van der Waals surface area (Å²) in [6.45, 7) is 10.0. The number of amides is 1. The molecule has 0 saturated carbocycles. The third-order valence-corrected chi connectivity index (χ3v) is 6.70. The van der Waals surface area contributed by atoms with Gasteiger partial charge in [0, 0.05) is 65.3 Å². The highest BCUT2D eigenvalue weighted by molar-refractivity contribution is 6.25. The number of halogens is 2. The van der Waals surface area contributed by atoms with E-state index in [2.05, 4.69) is 10.2 Å². The zero-order chi connectivity index (χ0) is 24.2. The molecular formula is C25H32Cl2N2O3. The molecule has 1 amide bonds. The Morgan fingerprint density at radius 1 is 0.938 bits per heavy atom. The van der Waals surface area contributed by atoms with Crippen LogP contribution in [0.2, 0.25) is 0 Å². The van der Waals surface area contributed by atoms with Crippen molar-refractivity contribution in [1.29, 1.82) is 0 Å². The van der Waals surface area contributed by atoms with Crippen molar-refractivity contribution in [1.82, 2.24) is 5.32 Å². The molecule has 0 radical (unpaired) electrons. The van der Waals surface area contributed by atoms with Crippen LogP contribution >= 0.6 is 23.2 Å². The monoisotopic (exact) mass is 478 g/mol. The molecule has 0 bridgehead atoms. The van der Waals surface area contributed by atoms with Crippen LogP contribution in [-0.4, -0.2) is 49.4 Å². The average Bonchev–Trinajstić information content (AvgIpc) is 2.76. The first-order chi connectivity index (χ1) is 15.0. The number of nitrogens with one attached hydrogen (secondary N) is 1. The van der Waals surface area contributed by atoms with E-state index >= 15 is 0 Å². The first-order valence-corrected chi connectivity index (χ1v) is 11.8. The molecule has 1 aromatic carbocycles. The van der Waals surface area contributed by atoms with Gasteiger partial charge in [-0.15, -0.1) is 23.2 Å². The Morgan fingerprint density at radius 2 is 1.44 bits per heavy atom. The molecule has 0 heterocycles. The molecule has 32 heavy (non-hydrogen) atoms. The van der Waals surface area contributed by atoms with Crippen LogP contribution in [-0.2, 0) is 14.4 Å². The maximum absolute atomic E-state index is 13.2. The first-order valence-electron chi connectivity index (χ1n) is 10.7. The fourth-order valence-corrected chi connectivity index (χ4v) is 4.91. The summed E-state index contributed by atoms with van der Waals surface area (Å²) in [5.74, 6) is -0.251. The Labute approximate surface area is 200 Å². The fourth-order valence-electron chi connectivity index (χ4n) is 4.51. The van der Waals surface area contributed by atoms with Crippen LogP contribution in [0.5, 0.6) is 0 Å². The Kier molecular flexibility index (Phi) is 8.72. The van der Waals surface area contributed by atoms with Crippen molar-refractivity contribution >= 4 is 46.4 Å². The summed E-state index contributed by atoms with van der Waals surface area (Å²) >= 11 is 11.9. The first kappa shape index (κ1) is 26.1. The van der Waals surface area contributed by atoms with Gasteiger partial charge < -0.3 is 10.2 Å². The van der Waals surface area contributed by atoms with E-state index in [9.17, 15) is 14.4 Å². The number of ketones is 2. The van der Waals surface area contributed by atoms with Crippen molar-refractivity contribution in [3.8, 4) is 0 Å². The fraction of sp³-hybridized carbons (Fsp3) is 0.480. The number of benzene rings is 1. The van der Waals surface area contributed by atoms with Crippen LogP contribution < -0.4 is 10.2 Å². The lowest BCUT2D eigenvalue weighted by atomic mass is 9.64. The molecule has 1 aliphatic rings. The number of Topliss-reactive ketones (excluding diaryl/α,β-unsaturated/α-hetero) is 2. The summed E-state index contributed by atoms with van der Waals surface area (Å²) in [4.78, 5) is 41.2. The van der Waals surface area contributed by atoms with Gasteiger partial charge in [-0.25, -0.2) is 0 Å². The zero-order valence-electron chi connectivity index (χ0n) is 19.6. The Bertz CT molecular complexity index is 956. The predicted octanol–water partition coefficient (Wildman–Crippen LogP) is 4.63. The molecule has 5 nitrogen and oxygen atoms in total. The van der Waals surface area contributed by atoms with Crippen LogP contribution in [0.25, 0.3) is 0 Å². The van der Waals surface area contributed by atoms with Crippen molar-refractivity contribution < 1.29 is 14.4 Å². The molecule has 0 saturated heterocycles. The molecule has 0 fully saturated rings. The van der Waals surface area contributed by atoms with E-state index in [0.717, 1.165) is 11.3 Å². The minimum Gasteiger partial charge on any atom is -0.369 e. The van der Waals surface area contributed by atoms with Crippen LogP contribution in [0.3, 0.4) is 0 Å². The van der Waals surface area contributed by atoms with E-state index in [1.165, 1.54) is 0 Å². The molecule has 0 spiro atoms. The molecule has 1 unspecified atom stereocenters. The van der Waals surface area contributed by atoms with Crippen molar-refractivity contribution in [3.63, 3.8) is 0 Å². The number of hydrogen-bond donors (Lipinski definition) is 1. The average molecular weight is 479 g/mol. The van der Waals surface area contributed by atoms with Crippen molar-refractivity contribution in [2.75, 3.05) is 36.8 Å². The molecule has 1 aromatic rings. The van der Waals surface area contributed by atoms with Crippen molar-refractivity contribution in [2.45, 2.75) is 40.5 Å². The predicted molar refractivity (Wildman–Crippen MR) is 132 cm³/mol. The second-order valence-corrected chi connectivity index (χ2v) is 9.39. The topological polar surface area (TPSA) is 66.5 Å². The van der Waals surface area contributed by atoms with E-state index in [4.69, 9.17) is 23.2 Å². The number of carbonyl (C=O) groups is 3. The maximum atomic E-state index is 13.2. The highest BCUT2D eigenvalue weighted by Crippen LogP contribution is 2.46. The van der Waals surface area contributed by atoms with E-state index in [1.807, 2.05) is 38.1 Å². The van der Waals surface area contributed by atoms with Crippen LogP contribution in [0.15, 0.2) is 46.6 Å². The van der Waals surface area contributed by atoms with Crippen LogP contribution in [0.1, 0.15) is 46.1 Å². The van der Waals surface area contributed by atoms with E-state index < -0.39 is 11.3 Å². The molecule has 0 aromatic heterocycles. The van der Waals surface area contributed by atoms with Crippen LogP contribution in [0.4, 0.5) is 5.69 Å². The molecule has 7 heteroatoms. The zero-order valence-corrected chi connectivity index (χ0v) is 21.2. The van der Waals surface area contributed by atoms with Gasteiger partial charge in [0.15, 0.2) is 11.6 Å². The lowest BCUT2D eigenvalue weighted by molar-refractivity contribution is -0.124. The van der Waals surface area contributed by atoms with Gasteiger partial charge in [-0.1, -0.05) is 26.0 Å². The maximum Gasteiger partial charge on any atom is 0.228 e. The van der Waals surface area contributed by atoms with Gasteiger partial charge >= 0.3 is 0 Å². The number of hydrogen-bond acceptors (Lipinski definition) is 4. The Morgan fingerprint density at radius 3 is 1.91 bits per heavy atom. The molecule has 1 aliphatic carbocycles. The lowest BCUT2D eigenvalue weighted by Gasteiger charge is -2.38. The van der Waals surface area contributed by atoms with Crippen LogP contribution in [0, 0.1) is 5.41 Å². The van der Waals surface area contributed by atoms with E-state index in [1.54, 1.807) is 27.8 Å². The Hall–Kier alpha value is -2.11. The number of carbonyl (C=O) groups excluding carboxylic acids is 3. The standard InChI is InChI=1S/C25H32Cl2N2O3/c1-15-16(2)23(31)20(17(3)22(15)30)25(4,5)21(24(32)28-6)18-7-9-19(10-8-18)29(13-11-26)14-12-27/h7-10,21H,11-14H2,1-6H3,(H,28,32). The summed E-state index contributed by atoms with van der Waals surface area (Å²) in [6, 6.07) is 7.66. The van der Waals surface area contributed by atoms with Crippen molar-refractivity contribution in [2.24, 2.45) is 5.41 Å². The normalized spacial score (nSPS) is 15.9. The minimum atomic E-state index is -0.910. The van der Waals surface area contributed by atoms with Crippen molar-refractivity contribution in [3.05, 3.63) is 52.1 Å². The molecule has 0 aliphatic heterocycles. The second kappa shape index (κ2) is 10.7. The van der Waals surface area contributed by atoms with Gasteiger partial charge in [0.1, 0.15) is 0 Å². The lowest BCUT2D eigenvalue weighted by Crippen LogP contribution is -2.41. The van der Waals surface area contributed by atoms with Gasteiger partial charge in [-0.2, -0.15) is 0 Å². The summed E-state index contributed by atoms with van der Waals surface area (Å²) in [7, 11) is 1.58. The SMILES string of the molecule is CNC(=O)C(c1ccc(N(CCCl)CCCl)cc1)C(C)(C)C1=C(C)C(=O)C(C)=C(C)C1=O. The third-order valence-electron chi connectivity index (χ3n) is 6.36. The minimum absolute atomic E-state index is 0.144. The van der Waals surface area contributed by atoms with Gasteiger partial charge in [-0.3, -0.25) is 14.4 Å². The molecule has 1 atom stereocenters. The molecule has 1 N–H and O–H groups in total. The summed E-state index contributed by atoms with van der Waals surface area (Å²) in [6.07, 6.45) is 0. The molecule has 2 rings (SSSR count). The number of allylic oxidation sites excluding steroid dienone is 4.